The molecular weight excluding hydrogens is 586 g/mol. The zero-order chi connectivity index (χ0) is 20.7. The Morgan fingerprint density at radius 1 is 1.18 bits per heavy atom. The highest BCUT2D eigenvalue weighted by molar-refractivity contribution is 14.1. The first kappa shape index (κ1) is 22.2. The van der Waals surface area contributed by atoms with Crippen LogP contribution in [-0.2, 0) is 14.3 Å². The first-order valence-electron chi connectivity index (χ1n) is 8.02. The van der Waals surface area contributed by atoms with E-state index >= 15 is 0 Å². The summed E-state index contributed by atoms with van der Waals surface area (Å²) in [6.07, 6.45) is 1.51. The van der Waals surface area contributed by atoms with Gasteiger partial charge in [-0.15, -0.1) is 0 Å². The molecule has 0 radical (unpaired) electrons. The second-order valence-electron chi connectivity index (χ2n) is 5.67. The number of hydrogen-bond acceptors (Lipinski definition) is 5. The van der Waals surface area contributed by atoms with Crippen LogP contribution < -0.4 is 10.1 Å². The van der Waals surface area contributed by atoms with E-state index in [1.807, 2.05) is 25.1 Å². The number of halogens is 2. The Labute approximate surface area is 190 Å². The van der Waals surface area contributed by atoms with Crippen LogP contribution in [0.1, 0.15) is 11.1 Å². The average Bonchev–Trinajstić information content (AvgIpc) is 2.66. The molecule has 0 saturated carbocycles. The Hall–Kier alpha value is -2.13. The predicted octanol–water partition coefficient (Wildman–Crippen LogP) is 4.30. The standard InChI is InChI=1S/C20H16I2N2O4/c1-12-3-5-15(6-4-12)24-20(26)14(10-23)7-13-8-16(21)19(17(22)9-13)28-11-18(25)27-2/h3-9H,11H2,1-2H3,(H,24,26)/b14-7+. The van der Waals surface area contributed by atoms with Crippen LogP contribution in [0.15, 0.2) is 42.0 Å². The van der Waals surface area contributed by atoms with Crippen LogP contribution in [0.4, 0.5) is 5.69 Å². The van der Waals surface area contributed by atoms with E-state index < -0.39 is 11.9 Å². The molecule has 0 saturated heterocycles. The van der Waals surface area contributed by atoms with E-state index in [0.717, 1.165) is 12.7 Å². The first-order valence-corrected chi connectivity index (χ1v) is 10.2. The van der Waals surface area contributed by atoms with Crippen molar-refractivity contribution in [2.45, 2.75) is 6.92 Å². The number of carbonyl (C=O) groups is 2. The summed E-state index contributed by atoms with van der Waals surface area (Å²) in [5, 5.41) is 12.1. The Bertz CT molecular complexity index is 940. The second kappa shape index (κ2) is 10.4. The third-order valence-corrected chi connectivity index (χ3v) is 5.17. The van der Waals surface area contributed by atoms with Gasteiger partial charge in [0.25, 0.3) is 5.91 Å². The Morgan fingerprint density at radius 2 is 1.79 bits per heavy atom. The molecule has 0 fully saturated rings. The molecule has 0 aliphatic rings. The van der Waals surface area contributed by atoms with Gasteiger partial charge in [0.2, 0.25) is 0 Å². The number of methoxy groups -OCH3 is 1. The molecule has 6 nitrogen and oxygen atoms in total. The molecule has 2 aromatic carbocycles. The molecule has 0 unspecified atom stereocenters. The number of amides is 1. The molecule has 8 heteroatoms. The smallest absolute Gasteiger partial charge is 0.343 e. The fourth-order valence-corrected chi connectivity index (χ4v) is 4.27. The molecule has 2 rings (SSSR count). The molecule has 2 aromatic rings. The predicted molar refractivity (Wildman–Crippen MR) is 123 cm³/mol. The van der Waals surface area contributed by atoms with Crippen molar-refractivity contribution in [3.05, 3.63) is 60.2 Å². The topological polar surface area (TPSA) is 88.4 Å². The van der Waals surface area contributed by atoms with Gasteiger partial charge in [-0.25, -0.2) is 4.79 Å². The van der Waals surface area contributed by atoms with E-state index in [-0.39, 0.29) is 12.2 Å². The molecule has 0 aliphatic heterocycles. The van der Waals surface area contributed by atoms with Gasteiger partial charge in [-0.3, -0.25) is 4.79 Å². The summed E-state index contributed by atoms with van der Waals surface area (Å²) in [6.45, 7) is 1.76. The van der Waals surface area contributed by atoms with Crippen molar-refractivity contribution >= 4 is 68.8 Å². The highest BCUT2D eigenvalue weighted by atomic mass is 127. The maximum atomic E-state index is 12.4. The number of nitrogens with one attached hydrogen (secondary N) is 1. The van der Waals surface area contributed by atoms with Gasteiger partial charge in [0.1, 0.15) is 17.4 Å². The number of hydrogen-bond donors (Lipinski definition) is 1. The maximum Gasteiger partial charge on any atom is 0.343 e. The summed E-state index contributed by atoms with van der Waals surface area (Å²) in [6, 6.07) is 12.8. The molecule has 144 valence electrons. The second-order valence-corrected chi connectivity index (χ2v) is 7.99. The number of nitrogens with zero attached hydrogens (tertiary/aromatic N) is 1. The summed E-state index contributed by atoms with van der Waals surface area (Å²) in [7, 11) is 1.29. The van der Waals surface area contributed by atoms with Gasteiger partial charge in [-0.05, 0) is 88.0 Å². The molecule has 0 bridgehead atoms. The van der Waals surface area contributed by atoms with Crippen molar-refractivity contribution in [3.63, 3.8) is 0 Å². The summed E-state index contributed by atoms with van der Waals surface area (Å²) in [5.74, 6) is -0.413. The van der Waals surface area contributed by atoms with Crippen molar-refractivity contribution in [1.29, 1.82) is 5.26 Å². The molecular formula is C20H16I2N2O4. The van der Waals surface area contributed by atoms with Crippen molar-refractivity contribution < 1.29 is 19.1 Å². The van der Waals surface area contributed by atoms with Crippen LogP contribution in [0.25, 0.3) is 6.08 Å². The molecule has 0 spiro atoms. The molecule has 0 aromatic heterocycles. The fraction of sp³-hybridized carbons (Fsp3) is 0.150. The number of ether oxygens (including phenoxy) is 2. The quantitative estimate of drug-likeness (QED) is 0.231. The lowest BCUT2D eigenvalue weighted by molar-refractivity contribution is -0.142. The van der Waals surface area contributed by atoms with Crippen LogP contribution in [-0.4, -0.2) is 25.6 Å². The normalized spacial score (nSPS) is 10.8. The molecule has 1 amide bonds. The van der Waals surface area contributed by atoms with E-state index in [1.54, 1.807) is 24.3 Å². The number of benzene rings is 2. The van der Waals surface area contributed by atoms with Crippen LogP contribution in [0.5, 0.6) is 5.75 Å². The molecule has 1 N–H and O–H groups in total. The minimum absolute atomic E-state index is 0.0181. The van der Waals surface area contributed by atoms with Gasteiger partial charge in [0, 0.05) is 5.69 Å². The zero-order valence-corrected chi connectivity index (χ0v) is 19.4. The molecule has 0 heterocycles. The number of esters is 1. The van der Waals surface area contributed by atoms with Gasteiger partial charge in [0.15, 0.2) is 6.61 Å². The van der Waals surface area contributed by atoms with Crippen LogP contribution in [0.3, 0.4) is 0 Å². The Kier molecular flexibility index (Phi) is 8.25. The van der Waals surface area contributed by atoms with Gasteiger partial charge in [0.05, 0.1) is 14.3 Å². The SMILES string of the molecule is COC(=O)COc1c(I)cc(/C=C(\C#N)C(=O)Nc2ccc(C)cc2)cc1I. The minimum Gasteiger partial charge on any atom is -0.480 e. The van der Waals surface area contributed by atoms with Crippen molar-refractivity contribution in [2.75, 3.05) is 19.0 Å². The van der Waals surface area contributed by atoms with E-state index in [0.29, 0.717) is 17.0 Å². The first-order chi connectivity index (χ1) is 13.3. The number of carbonyl (C=O) groups excluding carboxylic acids is 2. The zero-order valence-electron chi connectivity index (χ0n) is 15.1. The minimum atomic E-state index is -0.484. The van der Waals surface area contributed by atoms with Gasteiger partial charge >= 0.3 is 5.97 Å². The summed E-state index contributed by atoms with van der Waals surface area (Å²) in [4.78, 5) is 23.7. The van der Waals surface area contributed by atoms with Crippen molar-refractivity contribution in [2.24, 2.45) is 0 Å². The van der Waals surface area contributed by atoms with Crippen LogP contribution in [0.2, 0.25) is 0 Å². The van der Waals surface area contributed by atoms with Crippen LogP contribution >= 0.6 is 45.2 Å². The lowest BCUT2D eigenvalue weighted by atomic mass is 10.1. The lowest BCUT2D eigenvalue weighted by Crippen LogP contribution is -2.14. The van der Waals surface area contributed by atoms with Gasteiger partial charge in [-0.1, -0.05) is 17.7 Å². The largest absolute Gasteiger partial charge is 0.480 e. The van der Waals surface area contributed by atoms with Gasteiger partial charge in [-0.2, -0.15) is 5.26 Å². The Morgan fingerprint density at radius 3 is 2.32 bits per heavy atom. The third kappa shape index (κ3) is 6.20. The highest BCUT2D eigenvalue weighted by Gasteiger charge is 2.13. The molecule has 0 atom stereocenters. The number of anilines is 1. The average molecular weight is 602 g/mol. The monoisotopic (exact) mass is 602 g/mol. The Balaban J connectivity index is 2.21. The van der Waals surface area contributed by atoms with Crippen molar-refractivity contribution in [3.8, 4) is 11.8 Å². The number of nitriles is 1. The highest BCUT2D eigenvalue weighted by Crippen LogP contribution is 2.30. The van der Waals surface area contributed by atoms with E-state index in [9.17, 15) is 14.9 Å². The van der Waals surface area contributed by atoms with Crippen molar-refractivity contribution in [1.82, 2.24) is 0 Å². The summed E-state index contributed by atoms with van der Waals surface area (Å²) in [5.41, 5.74) is 2.35. The third-order valence-electron chi connectivity index (χ3n) is 3.57. The lowest BCUT2D eigenvalue weighted by Gasteiger charge is -2.11. The summed E-state index contributed by atoms with van der Waals surface area (Å²) >= 11 is 4.15. The molecule has 28 heavy (non-hydrogen) atoms. The number of aryl methyl sites for hydroxylation is 1. The molecule has 0 aliphatic carbocycles. The van der Waals surface area contributed by atoms with E-state index in [1.165, 1.54) is 13.2 Å². The van der Waals surface area contributed by atoms with Gasteiger partial charge < -0.3 is 14.8 Å². The van der Waals surface area contributed by atoms with E-state index in [4.69, 9.17) is 4.74 Å². The van der Waals surface area contributed by atoms with E-state index in [2.05, 4.69) is 55.2 Å². The maximum absolute atomic E-state index is 12.4. The fourth-order valence-electron chi connectivity index (χ4n) is 2.14. The number of rotatable bonds is 6. The van der Waals surface area contributed by atoms with Crippen LogP contribution in [0, 0.1) is 25.4 Å². The summed E-state index contributed by atoms with van der Waals surface area (Å²) < 4.78 is 11.5.